The van der Waals surface area contributed by atoms with Crippen LogP contribution < -0.4 is 11.1 Å². The van der Waals surface area contributed by atoms with Crippen molar-refractivity contribution in [1.29, 1.82) is 0 Å². The first-order valence-electron chi connectivity index (χ1n) is 6.36. The Balaban J connectivity index is 2.23. The summed E-state index contributed by atoms with van der Waals surface area (Å²) in [7, 11) is 0. The fourth-order valence-corrected chi connectivity index (χ4v) is 3.92. The number of carbonyl (C=O) groups excluding carboxylic acids is 1. The van der Waals surface area contributed by atoms with E-state index in [2.05, 4.69) is 29.1 Å². The van der Waals surface area contributed by atoms with Crippen molar-refractivity contribution in [3.8, 4) is 0 Å². The average molecular weight is 310 g/mol. The largest absolute Gasteiger partial charge is 0.354 e. The summed E-state index contributed by atoms with van der Waals surface area (Å²) in [6.07, 6.45) is 0. The number of carbonyl (C=O) groups is 1. The predicted molar refractivity (Wildman–Crippen MR) is 84.4 cm³/mol. The lowest BCUT2D eigenvalue weighted by Crippen LogP contribution is -2.30. The Morgan fingerprint density at radius 1 is 1.35 bits per heavy atom. The van der Waals surface area contributed by atoms with E-state index in [4.69, 9.17) is 5.73 Å². The van der Waals surface area contributed by atoms with E-state index in [0.717, 1.165) is 21.1 Å². The van der Waals surface area contributed by atoms with Crippen molar-refractivity contribution in [2.75, 3.05) is 18.8 Å². The van der Waals surface area contributed by atoms with Crippen molar-refractivity contribution in [2.45, 2.75) is 25.8 Å². The van der Waals surface area contributed by atoms with Crippen molar-refractivity contribution in [3.05, 3.63) is 16.3 Å². The standard InChI is InChI=1S/C13H18N4OS2/c1-7-8(2)20-13-11(7)12(16-9(3)17-13)19-6-10(18)15-5-4-14/h4-6,14H2,1-3H3,(H,15,18). The third kappa shape index (κ3) is 3.28. The molecule has 7 heteroatoms. The van der Waals surface area contributed by atoms with Gasteiger partial charge in [0.2, 0.25) is 5.91 Å². The second-order valence-corrected chi connectivity index (χ2v) is 6.63. The van der Waals surface area contributed by atoms with Crippen LogP contribution in [0.2, 0.25) is 0 Å². The van der Waals surface area contributed by atoms with E-state index in [1.807, 2.05) is 6.92 Å². The van der Waals surface area contributed by atoms with Crippen LogP contribution >= 0.6 is 23.1 Å². The summed E-state index contributed by atoms with van der Waals surface area (Å²) in [5.74, 6) is 1.07. The maximum Gasteiger partial charge on any atom is 0.230 e. The number of nitrogens with zero attached hydrogens (tertiary/aromatic N) is 2. The van der Waals surface area contributed by atoms with Gasteiger partial charge in [0.15, 0.2) is 0 Å². The normalized spacial score (nSPS) is 11.0. The highest BCUT2D eigenvalue weighted by molar-refractivity contribution is 8.00. The molecule has 0 aromatic carbocycles. The third-order valence-electron chi connectivity index (χ3n) is 2.91. The van der Waals surface area contributed by atoms with Crippen LogP contribution in [0.1, 0.15) is 16.3 Å². The fraction of sp³-hybridized carbons (Fsp3) is 0.462. The maximum absolute atomic E-state index is 11.7. The quantitative estimate of drug-likeness (QED) is 0.650. The van der Waals surface area contributed by atoms with E-state index in [1.165, 1.54) is 22.2 Å². The lowest BCUT2D eigenvalue weighted by atomic mass is 10.2. The molecule has 0 spiro atoms. The second-order valence-electron chi connectivity index (χ2n) is 4.47. The van der Waals surface area contributed by atoms with Gasteiger partial charge in [-0.15, -0.1) is 11.3 Å². The number of aromatic nitrogens is 2. The van der Waals surface area contributed by atoms with Crippen LogP contribution in [0.4, 0.5) is 0 Å². The van der Waals surface area contributed by atoms with Gasteiger partial charge in [-0.2, -0.15) is 0 Å². The summed E-state index contributed by atoms with van der Waals surface area (Å²) in [5.41, 5.74) is 6.56. The average Bonchev–Trinajstić information content (AvgIpc) is 2.68. The molecular weight excluding hydrogens is 292 g/mol. The minimum Gasteiger partial charge on any atom is -0.354 e. The van der Waals surface area contributed by atoms with Crippen LogP contribution in [-0.4, -0.2) is 34.7 Å². The molecule has 0 aliphatic carbocycles. The molecule has 0 bridgehead atoms. The van der Waals surface area contributed by atoms with Gasteiger partial charge >= 0.3 is 0 Å². The summed E-state index contributed by atoms with van der Waals surface area (Å²) in [4.78, 5) is 22.9. The zero-order valence-corrected chi connectivity index (χ0v) is 13.5. The number of rotatable bonds is 5. The van der Waals surface area contributed by atoms with Crippen LogP contribution in [0, 0.1) is 20.8 Å². The van der Waals surface area contributed by atoms with Crippen LogP contribution in [0.15, 0.2) is 5.03 Å². The molecular formula is C13H18N4OS2. The summed E-state index contributed by atoms with van der Waals surface area (Å²) < 4.78 is 0. The Labute approximate surface area is 126 Å². The van der Waals surface area contributed by atoms with Gasteiger partial charge in [-0.25, -0.2) is 9.97 Å². The molecule has 0 saturated carbocycles. The first-order valence-corrected chi connectivity index (χ1v) is 8.17. The third-order valence-corrected chi connectivity index (χ3v) is 4.99. The summed E-state index contributed by atoms with van der Waals surface area (Å²) in [5, 5.41) is 4.72. The van der Waals surface area contributed by atoms with Gasteiger partial charge in [0, 0.05) is 23.4 Å². The molecule has 2 aromatic heterocycles. The minimum atomic E-state index is -0.0190. The smallest absolute Gasteiger partial charge is 0.230 e. The topological polar surface area (TPSA) is 80.9 Å². The van der Waals surface area contributed by atoms with Gasteiger partial charge in [-0.3, -0.25) is 4.79 Å². The zero-order valence-electron chi connectivity index (χ0n) is 11.8. The van der Waals surface area contributed by atoms with Crippen molar-refractivity contribution in [2.24, 2.45) is 5.73 Å². The number of hydrogen-bond donors (Lipinski definition) is 2. The Morgan fingerprint density at radius 2 is 2.10 bits per heavy atom. The molecule has 5 nitrogen and oxygen atoms in total. The first kappa shape index (κ1) is 15.2. The highest BCUT2D eigenvalue weighted by Crippen LogP contribution is 2.34. The molecule has 0 unspecified atom stereocenters. The SMILES string of the molecule is Cc1nc(SCC(=O)NCCN)c2c(C)c(C)sc2n1. The minimum absolute atomic E-state index is 0.0190. The van der Waals surface area contributed by atoms with Crippen LogP contribution in [0.25, 0.3) is 10.2 Å². The van der Waals surface area contributed by atoms with Crippen molar-refractivity contribution in [1.82, 2.24) is 15.3 Å². The molecule has 20 heavy (non-hydrogen) atoms. The highest BCUT2D eigenvalue weighted by Gasteiger charge is 2.14. The molecule has 2 heterocycles. The van der Waals surface area contributed by atoms with E-state index in [0.29, 0.717) is 18.8 Å². The van der Waals surface area contributed by atoms with E-state index < -0.39 is 0 Å². The molecule has 2 rings (SSSR count). The van der Waals surface area contributed by atoms with Gasteiger partial charge < -0.3 is 11.1 Å². The van der Waals surface area contributed by atoms with E-state index in [-0.39, 0.29) is 5.91 Å². The van der Waals surface area contributed by atoms with Crippen molar-refractivity contribution >= 4 is 39.2 Å². The molecule has 0 saturated heterocycles. The Hall–Kier alpha value is -1.18. The number of fused-ring (bicyclic) bond motifs is 1. The lowest BCUT2D eigenvalue weighted by molar-refractivity contribution is -0.118. The van der Waals surface area contributed by atoms with Crippen LogP contribution in [0.5, 0.6) is 0 Å². The first-order chi connectivity index (χ1) is 9.52. The van der Waals surface area contributed by atoms with E-state index >= 15 is 0 Å². The molecule has 3 N–H and O–H groups in total. The molecule has 1 amide bonds. The number of nitrogens with one attached hydrogen (secondary N) is 1. The Bertz CT molecular complexity index is 639. The van der Waals surface area contributed by atoms with Crippen LogP contribution in [-0.2, 0) is 4.79 Å². The number of aryl methyl sites for hydroxylation is 3. The number of amides is 1. The number of hydrogen-bond acceptors (Lipinski definition) is 6. The Kier molecular flexibility index (Phi) is 4.95. The second kappa shape index (κ2) is 6.51. The highest BCUT2D eigenvalue weighted by atomic mass is 32.2. The maximum atomic E-state index is 11.7. The van der Waals surface area contributed by atoms with Gasteiger partial charge in [-0.05, 0) is 26.3 Å². The van der Waals surface area contributed by atoms with Crippen molar-refractivity contribution in [3.63, 3.8) is 0 Å². The molecule has 108 valence electrons. The summed E-state index contributed by atoms with van der Waals surface area (Å²) in [6.45, 7) is 7.00. The zero-order chi connectivity index (χ0) is 14.7. The van der Waals surface area contributed by atoms with E-state index in [9.17, 15) is 4.79 Å². The monoisotopic (exact) mass is 310 g/mol. The molecule has 0 atom stereocenters. The van der Waals surface area contributed by atoms with Crippen molar-refractivity contribution < 1.29 is 4.79 Å². The summed E-state index contributed by atoms with van der Waals surface area (Å²) in [6, 6.07) is 0. The van der Waals surface area contributed by atoms with Gasteiger partial charge in [-0.1, -0.05) is 11.8 Å². The summed E-state index contributed by atoms with van der Waals surface area (Å²) >= 11 is 3.13. The predicted octanol–water partition coefficient (Wildman–Crippen LogP) is 1.78. The number of nitrogens with two attached hydrogens (primary N) is 1. The Morgan fingerprint density at radius 3 is 2.80 bits per heavy atom. The van der Waals surface area contributed by atoms with Crippen LogP contribution in [0.3, 0.4) is 0 Å². The molecule has 0 aliphatic heterocycles. The molecule has 0 fully saturated rings. The number of thioether (sulfide) groups is 1. The van der Waals surface area contributed by atoms with Gasteiger partial charge in [0.25, 0.3) is 0 Å². The van der Waals surface area contributed by atoms with Gasteiger partial charge in [0.1, 0.15) is 15.7 Å². The molecule has 0 radical (unpaired) electrons. The van der Waals surface area contributed by atoms with E-state index in [1.54, 1.807) is 11.3 Å². The number of thiophene rings is 1. The molecule has 2 aromatic rings. The van der Waals surface area contributed by atoms with Gasteiger partial charge in [0.05, 0.1) is 5.75 Å². The molecule has 0 aliphatic rings. The lowest BCUT2D eigenvalue weighted by Gasteiger charge is -2.05. The fourth-order valence-electron chi connectivity index (χ4n) is 1.82.